The molecule has 1 saturated heterocycles. The zero-order chi connectivity index (χ0) is 21.3. The number of benzene rings is 1. The predicted octanol–water partition coefficient (Wildman–Crippen LogP) is 2.03. The third-order valence-electron chi connectivity index (χ3n) is 5.25. The summed E-state index contributed by atoms with van der Waals surface area (Å²) in [6, 6.07) is 3.74. The van der Waals surface area contributed by atoms with E-state index in [0.717, 1.165) is 37.2 Å². The van der Waals surface area contributed by atoms with Gasteiger partial charge in [-0.15, -0.1) is 11.3 Å². The Hall–Kier alpha value is -2.50. The first kappa shape index (κ1) is 20.8. The quantitative estimate of drug-likeness (QED) is 0.725. The molecule has 0 radical (unpaired) electrons. The molecule has 11 heteroatoms. The van der Waals surface area contributed by atoms with Gasteiger partial charge in [-0.05, 0) is 49.9 Å². The number of aromatic nitrogens is 1. The van der Waals surface area contributed by atoms with Crippen LogP contribution in [0.15, 0.2) is 34.7 Å². The average molecular weight is 450 g/mol. The third-order valence-corrected chi connectivity index (χ3v) is 7.48. The fourth-order valence-corrected chi connectivity index (χ4v) is 5.46. The molecule has 3 heterocycles. The molecule has 9 nitrogen and oxygen atoms in total. The Labute approximate surface area is 179 Å². The maximum absolute atomic E-state index is 12.8. The molecule has 1 aromatic heterocycles. The lowest BCUT2D eigenvalue weighted by Crippen LogP contribution is -2.41. The Morgan fingerprint density at radius 1 is 1.20 bits per heavy atom. The Bertz CT molecular complexity index is 1050. The highest BCUT2D eigenvalue weighted by atomic mass is 32.2. The molecular weight excluding hydrogens is 426 g/mol. The van der Waals surface area contributed by atoms with E-state index in [-0.39, 0.29) is 10.9 Å². The Kier molecular flexibility index (Phi) is 5.76. The molecule has 4 rings (SSSR count). The topological polar surface area (TPSA) is 112 Å². The van der Waals surface area contributed by atoms with Crippen molar-refractivity contribution < 1.29 is 18.0 Å². The number of nitrogens with zero attached hydrogens (tertiary/aromatic N) is 3. The molecule has 0 unspecified atom stereocenters. The van der Waals surface area contributed by atoms with Crippen LogP contribution in [0.3, 0.4) is 0 Å². The molecule has 1 atom stereocenters. The Balaban J connectivity index is 1.46. The number of thiazole rings is 1. The number of anilines is 2. The molecule has 0 bridgehead atoms. The summed E-state index contributed by atoms with van der Waals surface area (Å²) in [5.41, 5.74) is 1.56. The Morgan fingerprint density at radius 2 is 1.97 bits per heavy atom. The average Bonchev–Trinajstić information content (AvgIpc) is 3.47. The largest absolute Gasteiger partial charge is 0.324 e. The minimum atomic E-state index is -3.90. The van der Waals surface area contributed by atoms with Gasteiger partial charge in [-0.3, -0.25) is 9.69 Å². The van der Waals surface area contributed by atoms with Gasteiger partial charge in [0.25, 0.3) is 0 Å². The number of urea groups is 1. The molecule has 1 fully saturated rings. The van der Waals surface area contributed by atoms with Crippen LogP contribution < -0.4 is 14.9 Å². The van der Waals surface area contributed by atoms with Gasteiger partial charge in [0.1, 0.15) is 0 Å². The fraction of sp³-hybridized carbons (Fsp3) is 0.421. The highest BCUT2D eigenvalue weighted by molar-refractivity contribution is 7.89. The van der Waals surface area contributed by atoms with E-state index in [1.807, 2.05) is 4.90 Å². The molecule has 2 aliphatic rings. The Morgan fingerprint density at radius 3 is 2.67 bits per heavy atom. The van der Waals surface area contributed by atoms with Crippen molar-refractivity contribution in [3.8, 4) is 0 Å². The van der Waals surface area contributed by atoms with E-state index in [9.17, 15) is 18.0 Å². The van der Waals surface area contributed by atoms with E-state index >= 15 is 0 Å². The number of likely N-dealkylation sites (tertiary alicyclic amines) is 1. The van der Waals surface area contributed by atoms with Crippen molar-refractivity contribution in [1.82, 2.24) is 14.6 Å². The van der Waals surface area contributed by atoms with E-state index in [1.54, 1.807) is 28.6 Å². The summed E-state index contributed by atoms with van der Waals surface area (Å²) in [5, 5.41) is 4.70. The molecule has 3 amide bonds. The second-order valence-corrected chi connectivity index (χ2v) is 9.95. The van der Waals surface area contributed by atoms with Crippen molar-refractivity contribution in [2.45, 2.75) is 37.1 Å². The first-order valence-electron chi connectivity index (χ1n) is 9.77. The van der Waals surface area contributed by atoms with E-state index in [4.69, 9.17) is 0 Å². The van der Waals surface area contributed by atoms with Crippen LogP contribution in [0.2, 0.25) is 0 Å². The van der Waals surface area contributed by atoms with E-state index in [0.29, 0.717) is 18.1 Å². The molecule has 0 spiro atoms. The molecule has 2 N–H and O–H groups in total. The summed E-state index contributed by atoms with van der Waals surface area (Å²) in [4.78, 5) is 32.5. The van der Waals surface area contributed by atoms with Gasteiger partial charge in [0, 0.05) is 36.9 Å². The number of nitrogens with one attached hydrogen (secondary N) is 2. The number of rotatable bonds is 5. The van der Waals surface area contributed by atoms with Crippen molar-refractivity contribution in [1.29, 1.82) is 0 Å². The molecule has 0 saturated carbocycles. The smallest absolute Gasteiger partial charge is 0.324 e. The molecule has 2 aliphatic heterocycles. The number of hydrogen-bond donors (Lipinski definition) is 2. The highest BCUT2D eigenvalue weighted by Gasteiger charge is 2.31. The lowest BCUT2D eigenvalue weighted by molar-refractivity contribution is -0.117. The second-order valence-electron chi connectivity index (χ2n) is 7.34. The van der Waals surface area contributed by atoms with E-state index < -0.39 is 22.0 Å². The van der Waals surface area contributed by atoms with Gasteiger partial charge >= 0.3 is 6.03 Å². The van der Waals surface area contributed by atoms with Gasteiger partial charge < -0.3 is 10.2 Å². The predicted molar refractivity (Wildman–Crippen MR) is 114 cm³/mol. The normalized spacial score (nSPS) is 17.1. The van der Waals surface area contributed by atoms with Crippen molar-refractivity contribution in [3.05, 3.63) is 35.3 Å². The lowest BCUT2D eigenvalue weighted by atomic mass is 10.2. The highest BCUT2D eigenvalue weighted by Crippen LogP contribution is 2.31. The van der Waals surface area contributed by atoms with Crippen LogP contribution >= 0.6 is 11.3 Å². The molecule has 160 valence electrons. The van der Waals surface area contributed by atoms with Crippen LogP contribution in [0.4, 0.5) is 15.6 Å². The second kappa shape index (κ2) is 8.32. The number of sulfonamides is 1. The van der Waals surface area contributed by atoms with Crippen molar-refractivity contribution >= 4 is 44.1 Å². The SMILES string of the molecule is C[C@@H](NS(=O)(=O)c1ccc2c(c1)CCN2C(=O)N1CCCC1)C(=O)Nc1nccs1. The molecule has 1 aromatic carbocycles. The number of fused-ring (bicyclic) bond motifs is 1. The van der Waals surface area contributed by atoms with Crippen LogP contribution in [0.1, 0.15) is 25.3 Å². The summed E-state index contributed by atoms with van der Waals surface area (Å²) in [7, 11) is -3.90. The van der Waals surface area contributed by atoms with E-state index in [1.165, 1.54) is 24.3 Å². The first-order valence-corrected chi connectivity index (χ1v) is 12.1. The number of amides is 3. The van der Waals surface area contributed by atoms with Crippen LogP contribution in [-0.2, 0) is 21.2 Å². The number of carbonyl (C=O) groups is 2. The maximum atomic E-state index is 12.8. The minimum Gasteiger partial charge on any atom is -0.324 e. The monoisotopic (exact) mass is 449 g/mol. The first-order chi connectivity index (χ1) is 14.3. The number of hydrogen-bond acceptors (Lipinski definition) is 6. The van der Waals surface area contributed by atoms with Gasteiger partial charge in [-0.25, -0.2) is 18.2 Å². The van der Waals surface area contributed by atoms with Gasteiger partial charge in [0.2, 0.25) is 15.9 Å². The van der Waals surface area contributed by atoms with Crippen LogP contribution in [0.5, 0.6) is 0 Å². The van der Waals surface area contributed by atoms with Gasteiger partial charge in [-0.2, -0.15) is 4.72 Å². The fourth-order valence-electron chi connectivity index (χ4n) is 3.68. The van der Waals surface area contributed by atoms with Gasteiger partial charge in [0.15, 0.2) is 5.13 Å². The summed E-state index contributed by atoms with van der Waals surface area (Å²) in [6.45, 7) is 3.54. The summed E-state index contributed by atoms with van der Waals surface area (Å²) < 4.78 is 28.0. The molecule has 30 heavy (non-hydrogen) atoms. The van der Waals surface area contributed by atoms with Crippen molar-refractivity contribution in [3.63, 3.8) is 0 Å². The maximum Gasteiger partial charge on any atom is 0.324 e. The van der Waals surface area contributed by atoms with Crippen LogP contribution in [0.25, 0.3) is 0 Å². The van der Waals surface area contributed by atoms with Crippen molar-refractivity contribution in [2.75, 3.05) is 29.9 Å². The van der Waals surface area contributed by atoms with E-state index in [2.05, 4.69) is 15.0 Å². The van der Waals surface area contributed by atoms with Gasteiger partial charge in [0.05, 0.1) is 10.9 Å². The van der Waals surface area contributed by atoms with Crippen LogP contribution in [-0.4, -0.2) is 55.9 Å². The molecule has 2 aromatic rings. The zero-order valence-electron chi connectivity index (χ0n) is 16.5. The third kappa shape index (κ3) is 4.18. The molecule has 0 aliphatic carbocycles. The van der Waals surface area contributed by atoms with Crippen LogP contribution in [0, 0.1) is 0 Å². The minimum absolute atomic E-state index is 0.0209. The van der Waals surface area contributed by atoms with Crippen molar-refractivity contribution in [2.24, 2.45) is 0 Å². The number of carbonyl (C=O) groups excluding carboxylic acids is 2. The summed E-state index contributed by atoms with van der Waals surface area (Å²) >= 11 is 1.25. The lowest BCUT2D eigenvalue weighted by Gasteiger charge is -2.24. The molecular formula is C19H23N5O4S2. The summed E-state index contributed by atoms with van der Waals surface area (Å²) in [5.74, 6) is -0.489. The zero-order valence-corrected chi connectivity index (χ0v) is 18.1. The standard InChI is InChI=1S/C19H23N5O4S2/c1-13(17(25)21-18-20-7-11-29-18)22-30(27,28)15-4-5-16-14(12-15)6-10-24(16)19(26)23-8-2-3-9-23/h4-5,7,11-13,22H,2-3,6,8-10H2,1H3,(H,20,21,25)/t13-/m1/s1. The summed E-state index contributed by atoms with van der Waals surface area (Å²) in [6.07, 6.45) is 4.18. The van der Waals surface area contributed by atoms with Gasteiger partial charge in [-0.1, -0.05) is 0 Å².